The van der Waals surface area contributed by atoms with E-state index in [9.17, 15) is 24.3 Å². The van der Waals surface area contributed by atoms with Gasteiger partial charge in [0.25, 0.3) is 0 Å². The summed E-state index contributed by atoms with van der Waals surface area (Å²) in [7, 11) is 0. The van der Waals surface area contributed by atoms with Gasteiger partial charge in [0.1, 0.15) is 12.1 Å². The van der Waals surface area contributed by atoms with Crippen molar-refractivity contribution in [2.45, 2.75) is 44.8 Å². The number of carbonyl (C=O) groups excluding carboxylic acids is 3. The predicted molar refractivity (Wildman–Crippen MR) is 112 cm³/mol. The summed E-state index contributed by atoms with van der Waals surface area (Å²) >= 11 is 0. The molecule has 2 aromatic heterocycles. The summed E-state index contributed by atoms with van der Waals surface area (Å²) < 4.78 is 0. The van der Waals surface area contributed by atoms with Gasteiger partial charge in [-0.2, -0.15) is 0 Å². The zero-order chi connectivity index (χ0) is 23.7. The highest BCUT2D eigenvalue weighted by Crippen LogP contribution is 2.03. The number of amides is 3. The van der Waals surface area contributed by atoms with Crippen LogP contribution in [0.1, 0.15) is 25.2 Å². The highest BCUT2D eigenvalue weighted by molar-refractivity contribution is 5.92. The summed E-state index contributed by atoms with van der Waals surface area (Å²) in [5.74, 6) is -3.18. The number of aliphatic carboxylic acids is 1. The van der Waals surface area contributed by atoms with Crippen LogP contribution in [0.3, 0.4) is 0 Å². The average molecular weight is 448 g/mol. The lowest BCUT2D eigenvalue weighted by Gasteiger charge is -2.21. The van der Waals surface area contributed by atoms with Gasteiger partial charge in [-0.05, 0) is 5.92 Å². The molecule has 32 heavy (non-hydrogen) atoms. The molecule has 0 spiro atoms. The summed E-state index contributed by atoms with van der Waals surface area (Å²) in [6, 6.07) is -3.12. The van der Waals surface area contributed by atoms with Gasteiger partial charge in [-0.3, -0.25) is 14.4 Å². The number of nitrogens with two attached hydrogens (primary N) is 1. The number of hydrogen-bond acceptors (Lipinski definition) is 7. The van der Waals surface area contributed by atoms with Gasteiger partial charge in [0.05, 0.1) is 25.2 Å². The molecule has 3 unspecified atom stereocenters. The zero-order valence-electron chi connectivity index (χ0n) is 17.8. The van der Waals surface area contributed by atoms with Gasteiger partial charge in [0.15, 0.2) is 0 Å². The van der Waals surface area contributed by atoms with E-state index >= 15 is 0 Å². The Kier molecular flexibility index (Phi) is 8.89. The van der Waals surface area contributed by atoms with E-state index in [1.54, 1.807) is 13.8 Å². The number of hydrogen-bond donors (Lipinski definition) is 7. The van der Waals surface area contributed by atoms with Crippen LogP contribution in [0.4, 0.5) is 0 Å². The van der Waals surface area contributed by atoms with Crippen molar-refractivity contribution in [1.29, 1.82) is 0 Å². The Morgan fingerprint density at radius 2 is 1.53 bits per heavy atom. The van der Waals surface area contributed by atoms with Gasteiger partial charge >= 0.3 is 5.97 Å². The van der Waals surface area contributed by atoms with Crippen LogP contribution in [0, 0.1) is 5.92 Å². The van der Waals surface area contributed by atoms with E-state index in [4.69, 9.17) is 5.73 Å². The van der Waals surface area contributed by atoms with Crippen molar-refractivity contribution in [3.05, 3.63) is 36.4 Å². The lowest BCUT2D eigenvalue weighted by molar-refractivity contribution is -0.142. The molecule has 8 N–H and O–H groups in total. The molecule has 0 radical (unpaired) electrons. The van der Waals surface area contributed by atoms with Crippen LogP contribution in [0.15, 0.2) is 25.0 Å². The monoisotopic (exact) mass is 448 g/mol. The highest BCUT2D eigenvalue weighted by Gasteiger charge is 2.28. The molecule has 0 aliphatic heterocycles. The Morgan fingerprint density at radius 1 is 0.969 bits per heavy atom. The Labute approximate surface area is 184 Å². The average Bonchev–Trinajstić information content (AvgIpc) is 3.44. The van der Waals surface area contributed by atoms with Crippen LogP contribution in [-0.2, 0) is 32.0 Å². The number of imidazole rings is 2. The number of carboxylic acids is 1. The molecule has 174 valence electrons. The van der Waals surface area contributed by atoms with Gasteiger partial charge in [-0.25, -0.2) is 14.8 Å². The van der Waals surface area contributed by atoms with E-state index in [0.29, 0.717) is 11.4 Å². The van der Waals surface area contributed by atoms with Crippen molar-refractivity contribution in [3.8, 4) is 0 Å². The quantitative estimate of drug-likeness (QED) is 0.194. The van der Waals surface area contributed by atoms with Crippen molar-refractivity contribution < 1.29 is 24.3 Å². The Morgan fingerprint density at radius 3 is 2.00 bits per heavy atom. The number of carboxylic acid groups (broad SMARTS) is 1. The van der Waals surface area contributed by atoms with Gasteiger partial charge in [-0.15, -0.1) is 0 Å². The maximum atomic E-state index is 12.8. The third-order valence-electron chi connectivity index (χ3n) is 4.67. The number of rotatable bonds is 12. The molecule has 0 aliphatic rings. The van der Waals surface area contributed by atoms with Gasteiger partial charge in [0, 0.05) is 36.6 Å². The number of nitrogens with zero attached hydrogens (tertiary/aromatic N) is 2. The Bertz CT molecular complexity index is 897. The zero-order valence-corrected chi connectivity index (χ0v) is 17.8. The van der Waals surface area contributed by atoms with Crippen molar-refractivity contribution in [1.82, 2.24) is 35.9 Å². The van der Waals surface area contributed by atoms with E-state index in [1.807, 2.05) is 0 Å². The van der Waals surface area contributed by atoms with Crippen molar-refractivity contribution in [3.63, 3.8) is 0 Å². The van der Waals surface area contributed by atoms with Crippen LogP contribution < -0.4 is 21.7 Å². The number of aromatic amines is 2. The second-order valence-electron chi connectivity index (χ2n) is 7.57. The third-order valence-corrected chi connectivity index (χ3v) is 4.67. The molecule has 0 saturated carbocycles. The number of carbonyl (C=O) groups is 4. The molecule has 13 heteroatoms. The van der Waals surface area contributed by atoms with E-state index in [-0.39, 0.29) is 25.3 Å². The number of H-pyrrole nitrogens is 2. The van der Waals surface area contributed by atoms with Crippen molar-refractivity contribution in [2.75, 3.05) is 6.54 Å². The molecule has 2 aromatic rings. The SMILES string of the molecule is CC(C)C(N)C(=O)NCC(=O)NC(Cc1cnc[nH]1)C(=O)NC(Cc1cnc[nH]1)C(=O)O. The van der Waals surface area contributed by atoms with Gasteiger partial charge in [-0.1, -0.05) is 13.8 Å². The van der Waals surface area contributed by atoms with Crippen LogP contribution >= 0.6 is 0 Å². The first-order chi connectivity index (χ1) is 15.2. The van der Waals surface area contributed by atoms with Gasteiger partial charge in [0.2, 0.25) is 17.7 Å². The first kappa shape index (κ1) is 24.5. The number of nitrogens with one attached hydrogen (secondary N) is 5. The minimum absolute atomic E-state index is 0.0189. The second-order valence-corrected chi connectivity index (χ2v) is 7.57. The lowest BCUT2D eigenvalue weighted by atomic mass is 10.1. The summed E-state index contributed by atoms with van der Waals surface area (Å²) in [5, 5.41) is 16.8. The van der Waals surface area contributed by atoms with E-state index in [1.165, 1.54) is 25.0 Å². The second kappa shape index (κ2) is 11.6. The normalized spacial score (nSPS) is 13.8. The maximum Gasteiger partial charge on any atom is 0.326 e. The van der Waals surface area contributed by atoms with Crippen LogP contribution in [0.5, 0.6) is 0 Å². The molecule has 0 aliphatic carbocycles. The topological polar surface area (TPSA) is 208 Å². The van der Waals surface area contributed by atoms with Crippen molar-refractivity contribution in [2.24, 2.45) is 11.7 Å². The molecule has 0 fully saturated rings. The molecule has 2 heterocycles. The van der Waals surface area contributed by atoms with E-state index in [0.717, 1.165) is 0 Å². The highest BCUT2D eigenvalue weighted by atomic mass is 16.4. The fourth-order valence-electron chi connectivity index (χ4n) is 2.75. The third kappa shape index (κ3) is 7.50. The molecule has 3 atom stereocenters. The molecule has 2 rings (SSSR count). The molecular formula is C19H28N8O5. The minimum atomic E-state index is -1.24. The molecule has 3 amide bonds. The fraction of sp³-hybridized carbons (Fsp3) is 0.474. The minimum Gasteiger partial charge on any atom is -0.480 e. The van der Waals surface area contributed by atoms with Crippen LogP contribution in [0.2, 0.25) is 0 Å². The van der Waals surface area contributed by atoms with Crippen LogP contribution in [-0.4, -0.2) is 73.4 Å². The fourth-order valence-corrected chi connectivity index (χ4v) is 2.75. The first-order valence-electron chi connectivity index (χ1n) is 9.97. The Balaban J connectivity index is 2.03. The van der Waals surface area contributed by atoms with E-state index < -0.39 is 41.8 Å². The molecule has 0 bridgehead atoms. The summed E-state index contributed by atoms with van der Waals surface area (Å²) in [6.45, 7) is 3.16. The van der Waals surface area contributed by atoms with Crippen LogP contribution in [0.25, 0.3) is 0 Å². The Hall–Kier alpha value is -3.74. The largest absolute Gasteiger partial charge is 0.480 e. The van der Waals surface area contributed by atoms with Gasteiger partial charge < -0.3 is 36.8 Å². The molecule has 0 saturated heterocycles. The summed E-state index contributed by atoms with van der Waals surface area (Å²) in [5.41, 5.74) is 6.82. The maximum absolute atomic E-state index is 12.8. The molecule has 0 aromatic carbocycles. The molecule has 13 nitrogen and oxygen atoms in total. The standard InChI is InChI=1S/C19H28N8O5/c1-10(2)16(20)18(30)23-7-15(28)26-13(3-11-5-21-8-24-11)17(29)27-14(19(31)32)4-12-6-22-9-25-12/h5-6,8-10,13-14,16H,3-4,7,20H2,1-2H3,(H,21,24)(H,22,25)(H,23,30)(H,26,28)(H,27,29)(H,31,32). The molecular weight excluding hydrogens is 420 g/mol. The van der Waals surface area contributed by atoms with Crippen molar-refractivity contribution >= 4 is 23.7 Å². The van der Waals surface area contributed by atoms with E-state index in [2.05, 4.69) is 35.9 Å². The first-order valence-corrected chi connectivity index (χ1v) is 9.97. The predicted octanol–water partition coefficient (Wildman–Crippen LogP) is -1.93. The summed E-state index contributed by atoms with van der Waals surface area (Å²) in [4.78, 5) is 62.0. The number of aromatic nitrogens is 4. The summed E-state index contributed by atoms with van der Waals surface area (Å²) in [6.07, 6.45) is 5.77. The lowest BCUT2D eigenvalue weighted by Crippen LogP contribution is -2.55. The smallest absolute Gasteiger partial charge is 0.326 e.